The molecule has 1 unspecified atom stereocenters. The first-order valence-corrected chi connectivity index (χ1v) is 8.10. The summed E-state index contributed by atoms with van der Waals surface area (Å²) in [5, 5.41) is 0. The number of nitrogens with one attached hydrogen (secondary N) is 1. The van der Waals surface area contributed by atoms with Crippen molar-refractivity contribution in [3.63, 3.8) is 0 Å². The quantitative estimate of drug-likeness (QED) is 0.946. The Morgan fingerprint density at radius 3 is 3.00 bits per heavy atom. The van der Waals surface area contributed by atoms with Crippen LogP contribution < -0.4 is 0 Å². The highest BCUT2D eigenvalue weighted by Crippen LogP contribution is 2.28. The van der Waals surface area contributed by atoms with Crippen molar-refractivity contribution in [2.45, 2.75) is 25.2 Å². The number of nitrogens with zero attached hydrogens (tertiary/aromatic N) is 2. The number of ether oxygens (including phenoxy) is 1. The van der Waals surface area contributed by atoms with Crippen molar-refractivity contribution < 1.29 is 9.53 Å². The molecule has 116 valence electrons. The number of amides is 1. The number of carbonyl (C=O) groups excluding carboxylic acids is 1. The molecule has 1 aromatic carbocycles. The predicted molar refractivity (Wildman–Crippen MR) is 83.6 cm³/mol. The zero-order chi connectivity index (χ0) is 14.9. The van der Waals surface area contributed by atoms with Gasteiger partial charge in [-0.05, 0) is 30.9 Å². The number of fused-ring (bicyclic) bond motifs is 1. The van der Waals surface area contributed by atoms with E-state index in [2.05, 4.69) is 9.97 Å². The van der Waals surface area contributed by atoms with Gasteiger partial charge >= 0.3 is 0 Å². The van der Waals surface area contributed by atoms with Gasteiger partial charge in [-0.2, -0.15) is 0 Å². The molecule has 0 radical (unpaired) electrons. The van der Waals surface area contributed by atoms with E-state index in [0.29, 0.717) is 18.3 Å². The van der Waals surface area contributed by atoms with Gasteiger partial charge in [-0.25, -0.2) is 4.98 Å². The van der Waals surface area contributed by atoms with Crippen LogP contribution in [0, 0.1) is 5.92 Å². The number of carbonyl (C=O) groups is 1. The van der Waals surface area contributed by atoms with Crippen molar-refractivity contribution in [1.29, 1.82) is 0 Å². The maximum absolute atomic E-state index is 12.3. The molecule has 1 amide bonds. The number of benzene rings is 1. The van der Waals surface area contributed by atoms with Crippen molar-refractivity contribution >= 4 is 16.9 Å². The van der Waals surface area contributed by atoms with E-state index in [9.17, 15) is 4.79 Å². The van der Waals surface area contributed by atoms with E-state index in [0.717, 1.165) is 56.0 Å². The third-order valence-corrected chi connectivity index (χ3v) is 4.75. The maximum Gasteiger partial charge on any atom is 0.222 e. The third kappa shape index (κ3) is 2.61. The highest BCUT2D eigenvalue weighted by Gasteiger charge is 2.34. The molecule has 2 fully saturated rings. The van der Waals surface area contributed by atoms with E-state index in [1.807, 2.05) is 29.2 Å². The molecule has 1 N–H and O–H groups in total. The van der Waals surface area contributed by atoms with Crippen molar-refractivity contribution in [2.24, 2.45) is 5.92 Å². The minimum absolute atomic E-state index is 0.267. The van der Waals surface area contributed by atoms with Crippen LogP contribution in [0.25, 0.3) is 11.0 Å². The minimum Gasteiger partial charge on any atom is -0.381 e. The summed E-state index contributed by atoms with van der Waals surface area (Å²) >= 11 is 0. The standard InChI is InChI=1S/C17H21N3O2/c21-16(8-12-4-3-7-22-11-12)20-9-13(10-20)17-18-14-5-1-2-6-15(14)19-17/h1-2,5-6,12-13H,3-4,7-11H2,(H,18,19). The second-order valence-corrected chi connectivity index (χ2v) is 6.42. The summed E-state index contributed by atoms with van der Waals surface area (Å²) in [6, 6.07) is 8.05. The van der Waals surface area contributed by atoms with E-state index in [-0.39, 0.29) is 5.91 Å². The topological polar surface area (TPSA) is 58.2 Å². The fraction of sp³-hybridized carbons (Fsp3) is 0.529. The first-order chi connectivity index (χ1) is 10.8. The predicted octanol–water partition coefficient (Wildman–Crippen LogP) is 2.31. The molecule has 1 aromatic heterocycles. The number of aromatic amines is 1. The molecule has 2 saturated heterocycles. The average Bonchev–Trinajstić information content (AvgIpc) is 2.90. The van der Waals surface area contributed by atoms with E-state index < -0.39 is 0 Å². The molecule has 2 aliphatic heterocycles. The summed E-state index contributed by atoms with van der Waals surface area (Å²) < 4.78 is 5.45. The Bertz CT molecular complexity index is 636. The lowest BCUT2D eigenvalue weighted by molar-refractivity contribution is -0.137. The van der Waals surface area contributed by atoms with Crippen molar-refractivity contribution in [3.05, 3.63) is 30.1 Å². The number of rotatable bonds is 3. The van der Waals surface area contributed by atoms with Gasteiger partial charge in [-0.1, -0.05) is 12.1 Å². The lowest BCUT2D eigenvalue weighted by Gasteiger charge is -2.39. The molecule has 3 heterocycles. The SMILES string of the molecule is O=C(CC1CCCOC1)N1CC(c2nc3ccccc3[nH]2)C1. The normalized spacial score (nSPS) is 22.7. The summed E-state index contributed by atoms with van der Waals surface area (Å²) in [4.78, 5) is 22.2. The van der Waals surface area contributed by atoms with Gasteiger partial charge in [0.05, 0.1) is 17.0 Å². The summed E-state index contributed by atoms with van der Waals surface area (Å²) in [5.41, 5.74) is 2.07. The van der Waals surface area contributed by atoms with Crippen molar-refractivity contribution in [1.82, 2.24) is 14.9 Å². The number of hydrogen-bond acceptors (Lipinski definition) is 3. The molecular formula is C17H21N3O2. The molecule has 2 aromatic rings. The highest BCUT2D eigenvalue weighted by atomic mass is 16.5. The maximum atomic E-state index is 12.3. The van der Waals surface area contributed by atoms with E-state index >= 15 is 0 Å². The van der Waals surface area contributed by atoms with Gasteiger partial charge in [0, 0.05) is 32.7 Å². The van der Waals surface area contributed by atoms with Crippen LogP contribution in [0.5, 0.6) is 0 Å². The molecule has 5 nitrogen and oxygen atoms in total. The number of aromatic nitrogens is 2. The highest BCUT2D eigenvalue weighted by molar-refractivity contribution is 5.78. The Morgan fingerprint density at radius 2 is 2.23 bits per heavy atom. The lowest BCUT2D eigenvalue weighted by Crippen LogP contribution is -2.49. The molecule has 0 bridgehead atoms. The number of likely N-dealkylation sites (tertiary alicyclic amines) is 1. The van der Waals surface area contributed by atoms with E-state index in [1.54, 1.807) is 0 Å². The van der Waals surface area contributed by atoms with Gasteiger partial charge in [-0.3, -0.25) is 4.79 Å². The zero-order valence-electron chi connectivity index (χ0n) is 12.6. The zero-order valence-corrected chi connectivity index (χ0v) is 12.6. The van der Waals surface area contributed by atoms with Gasteiger partial charge in [0.2, 0.25) is 5.91 Å². The smallest absolute Gasteiger partial charge is 0.222 e. The van der Waals surface area contributed by atoms with E-state index in [1.165, 1.54) is 0 Å². The van der Waals surface area contributed by atoms with Gasteiger partial charge in [-0.15, -0.1) is 0 Å². The monoisotopic (exact) mass is 299 g/mol. The first kappa shape index (κ1) is 13.8. The van der Waals surface area contributed by atoms with Crippen molar-refractivity contribution in [3.8, 4) is 0 Å². The van der Waals surface area contributed by atoms with Crippen molar-refractivity contribution in [2.75, 3.05) is 26.3 Å². The third-order valence-electron chi connectivity index (χ3n) is 4.75. The van der Waals surface area contributed by atoms with Crippen LogP contribution in [0.2, 0.25) is 0 Å². The second kappa shape index (κ2) is 5.72. The van der Waals surface area contributed by atoms with Gasteiger partial charge in [0.15, 0.2) is 0 Å². The Morgan fingerprint density at radius 1 is 1.36 bits per heavy atom. The molecule has 0 spiro atoms. The number of para-hydroxylation sites is 2. The lowest BCUT2D eigenvalue weighted by atomic mass is 9.94. The van der Waals surface area contributed by atoms with Gasteiger partial charge < -0.3 is 14.6 Å². The van der Waals surface area contributed by atoms with Crippen LogP contribution in [0.4, 0.5) is 0 Å². The Kier molecular flexibility index (Phi) is 3.58. The Balaban J connectivity index is 1.34. The second-order valence-electron chi connectivity index (χ2n) is 6.42. The van der Waals surface area contributed by atoms with Crippen LogP contribution in [-0.2, 0) is 9.53 Å². The Hall–Kier alpha value is -1.88. The molecule has 5 heteroatoms. The number of H-pyrrole nitrogens is 1. The van der Waals surface area contributed by atoms with Crippen LogP contribution in [-0.4, -0.2) is 47.1 Å². The summed E-state index contributed by atoms with van der Waals surface area (Å²) in [7, 11) is 0. The van der Waals surface area contributed by atoms with E-state index in [4.69, 9.17) is 4.74 Å². The summed E-state index contributed by atoms with van der Waals surface area (Å²) in [6.45, 7) is 3.16. The molecule has 22 heavy (non-hydrogen) atoms. The average molecular weight is 299 g/mol. The largest absolute Gasteiger partial charge is 0.381 e. The van der Waals surface area contributed by atoms with Crippen LogP contribution >= 0.6 is 0 Å². The fourth-order valence-electron chi connectivity index (χ4n) is 3.37. The molecule has 0 aliphatic carbocycles. The van der Waals surface area contributed by atoms with Crippen LogP contribution in [0.15, 0.2) is 24.3 Å². The molecule has 0 saturated carbocycles. The molecule has 4 rings (SSSR count). The fourth-order valence-corrected chi connectivity index (χ4v) is 3.37. The van der Waals surface area contributed by atoms with Gasteiger partial charge in [0.25, 0.3) is 0 Å². The van der Waals surface area contributed by atoms with Crippen LogP contribution in [0.1, 0.15) is 31.0 Å². The molecule has 2 aliphatic rings. The minimum atomic E-state index is 0.267. The summed E-state index contributed by atoms with van der Waals surface area (Å²) in [6.07, 6.45) is 2.83. The summed E-state index contributed by atoms with van der Waals surface area (Å²) in [5.74, 6) is 2.03. The number of hydrogen-bond donors (Lipinski definition) is 1. The van der Waals surface area contributed by atoms with Crippen LogP contribution in [0.3, 0.4) is 0 Å². The number of imidazole rings is 1. The molecule has 1 atom stereocenters. The Labute approximate surface area is 129 Å². The molecular weight excluding hydrogens is 278 g/mol. The first-order valence-electron chi connectivity index (χ1n) is 8.10. The van der Waals surface area contributed by atoms with Gasteiger partial charge in [0.1, 0.15) is 5.82 Å².